The van der Waals surface area contributed by atoms with Gasteiger partial charge in [0.1, 0.15) is 5.69 Å². The Kier molecular flexibility index (Phi) is 7.43. The SMILES string of the molecule is Cc1[nH]c(-c2ccc(F)c(OCCCCC3CCN(C)CC3)n2)nc1-c1ccc(Cl)cc1. The van der Waals surface area contributed by atoms with Crippen LogP contribution in [0.1, 0.15) is 37.8 Å². The molecular formula is C25H30ClFN4O. The van der Waals surface area contributed by atoms with Crippen LogP contribution in [0.25, 0.3) is 22.8 Å². The molecular weight excluding hydrogens is 427 g/mol. The maximum absolute atomic E-state index is 14.3. The van der Waals surface area contributed by atoms with Gasteiger partial charge < -0.3 is 14.6 Å². The van der Waals surface area contributed by atoms with Crippen molar-refractivity contribution in [2.75, 3.05) is 26.7 Å². The number of aromatic amines is 1. The minimum Gasteiger partial charge on any atom is -0.476 e. The summed E-state index contributed by atoms with van der Waals surface area (Å²) in [6.07, 6.45) is 5.76. The largest absolute Gasteiger partial charge is 0.476 e. The lowest BCUT2D eigenvalue weighted by molar-refractivity contribution is 0.205. The highest BCUT2D eigenvalue weighted by Gasteiger charge is 2.17. The number of hydrogen-bond acceptors (Lipinski definition) is 4. The molecule has 3 aromatic rings. The van der Waals surface area contributed by atoms with Gasteiger partial charge in [0.15, 0.2) is 11.6 Å². The number of rotatable bonds is 8. The number of unbranched alkanes of at least 4 members (excludes halogenated alkanes) is 1. The summed E-state index contributed by atoms with van der Waals surface area (Å²) >= 11 is 5.99. The standard InChI is InChI=1S/C25H30ClFN4O/c1-17-23(19-6-8-20(26)9-7-19)30-24(28-17)22-11-10-21(27)25(29-22)32-16-4-3-5-18-12-14-31(2)15-13-18/h6-11,18H,3-5,12-16H2,1-2H3,(H,28,30). The van der Waals surface area contributed by atoms with Gasteiger partial charge in [0.25, 0.3) is 5.88 Å². The van der Waals surface area contributed by atoms with E-state index in [0.29, 0.717) is 23.1 Å². The smallest absolute Gasteiger partial charge is 0.251 e. The number of likely N-dealkylation sites (tertiary alicyclic amines) is 1. The molecule has 0 saturated carbocycles. The lowest BCUT2D eigenvalue weighted by Crippen LogP contribution is -2.30. The molecule has 1 aromatic carbocycles. The van der Waals surface area contributed by atoms with E-state index in [1.54, 1.807) is 6.07 Å². The lowest BCUT2D eigenvalue weighted by atomic mass is 9.92. The first-order valence-electron chi connectivity index (χ1n) is 11.3. The van der Waals surface area contributed by atoms with Crippen LogP contribution >= 0.6 is 11.6 Å². The van der Waals surface area contributed by atoms with Gasteiger partial charge in [0.05, 0.1) is 12.3 Å². The van der Waals surface area contributed by atoms with Gasteiger partial charge in [-0.05, 0) is 82.9 Å². The molecule has 4 rings (SSSR count). The van der Waals surface area contributed by atoms with Crippen LogP contribution in [-0.2, 0) is 0 Å². The fourth-order valence-corrected chi connectivity index (χ4v) is 4.31. The van der Waals surface area contributed by atoms with Crippen molar-refractivity contribution in [2.45, 2.75) is 39.0 Å². The number of halogens is 2. The van der Waals surface area contributed by atoms with Crippen molar-refractivity contribution in [2.24, 2.45) is 5.92 Å². The summed E-state index contributed by atoms with van der Waals surface area (Å²) in [4.78, 5) is 14.7. The molecule has 0 amide bonds. The van der Waals surface area contributed by atoms with Crippen molar-refractivity contribution in [1.82, 2.24) is 19.9 Å². The maximum atomic E-state index is 14.3. The third kappa shape index (κ3) is 5.67. The Hall–Kier alpha value is -2.44. The summed E-state index contributed by atoms with van der Waals surface area (Å²) in [7, 11) is 2.18. The Bertz CT molecular complexity index is 1030. The molecule has 0 spiro atoms. The molecule has 0 radical (unpaired) electrons. The molecule has 2 aromatic heterocycles. The van der Waals surface area contributed by atoms with E-state index in [1.165, 1.54) is 38.4 Å². The average molecular weight is 457 g/mol. The highest BCUT2D eigenvalue weighted by Crippen LogP contribution is 2.28. The van der Waals surface area contributed by atoms with E-state index in [-0.39, 0.29) is 5.88 Å². The van der Waals surface area contributed by atoms with Crippen molar-refractivity contribution in [3.8, 4) is 28.7 Å². The number of H-pyrrole nitrogens is 1. The number of hydrogen-bond donors (Lipinski definition) is 1. The Balaban J connectivity index is 1.35. The molecule has 32 heavy (non-hydrogen) atoms. The summed E-state index contributed by atoms with van der Waals surface area (Å²) in [5.74, 6) is 0.968. The van der Waals surface area contributed by atoms with E-state index in [0.717, 1.165) is 35.7 Å². The predicted octanol–water partition coefficient (Wildman–Crippen LogP) is 6.13. The predicted molar refractivity (Wildman–Crippen MR) is 127 cm³/mol. The first-order chi connectivity index (χ1) is 15.5. The summed E-state index contributed by atoms with van der Waals surface area (Å²) in [5, 5.41) is 0.676. The van der Waals surface area contributed by atoms with Crippen LogP contribution < -0.4 is 4.74 Å². The first kappa shape index (κ1) is 22.7. The molecule has 0 unspecified atom stereocenters. The zero-order valence-electron chi connectivity index (χ0n) is 18.7. The van der Waals surface area contributed by atoms with Crippen molar-refractivity contribution < 1.29 is 9.13 Å². The quantitative estimate of drug-likeness (QED) is 0.414. The lowest BCUT2D eigenvalue weighted by Gasteiger charge is -2.28. The number of nitrogens with zero attached hydrogens (tertiary/aromatic N) is 3. The Morgan fingerprint density at radius 3 is 2.59 bits per heavy atom. The van der Waals surface area contributed by atoms with Gasteiger partial charge >= 0.3 is 0 Å². The van der Waals surface area contributed by atoms with Crippen LogP contribution in [0.3, 0.4) is 0 Å². The number of aromatic nitrogens is 3. The Labute approximate surface area is 194 Å². The van der Waals surface area contributed by atoms with Gasteiger partial charge in [-0.3, -0.25) is 0 Å². The first-order valence-corrected chi connectivity index (χ1v) is 11.7. The second kappa shape index (κ2) is 10.5. The molecule has 0 atom stereocenters. The molecule has 0 aliphatic carbocycles. The summed E-state index contributed by atoms with van der Waals surface area (Å²) in [6, 6.07) is 10.5. The van der Waals surface area contributed by atoms with Crippen molar-refractivity contribution in [3.63, 3.8) is 0 Å². The van der Waals surface area contributed by atoms with Gasteiger partial charge in [0, 0.05) is 16.3 Å². The summed E-state index contributed by atoms with van der Waals surface area (Å²) in [6.45, 7) is 4.79. The third-order valence-electron chi connectivity index (χ3n) is 6.14. The maximum Gasteiger partial charge on any atom is 0.251 e. The average Bonchev–Trinajstić information content (AvgIpc) is 3.18. The molecule has 1 N–H and O–H groups in total. The van der Waals surface area contributed by atoms with Crippen LogP contribution in [-0.4, -0.2) is 46.6 Å². The van der Waals surface area contributed by atoms with E-state index in [1.807, 2.05) is 31.2 Å². The number of piperidine rings is 1. The molecule has 1 aliphatic heterocycles. The van der Waals surface area contributed by atoms with Crippen molar-refractivity contribution in [3.05, 3.63) is 52.9 Å². The fourth-order valence-electron chi connectivity index (χ4n) is 4.18. The van der Waals surface area contributed by atoms with Gasteiger partial charge in [-0.25, -0.2) is 14.4 Å². The van der Waals surface area contributed by atoms with Crippen LogP contribution in [0.15, 0.2) is 36.4 Å². The van der Waals surface area contributed by atoms with Gasteiger partial charge in [-0.15, -0.1) is 0 Å². The van der Waals surface area contributed by atoms with E-state index in [4.69, 9.17) is 16.3 Å². The highest BCUT2D eigenvalue weighted by molar-refractivity contribution is 6.30. The van der Waals surface area contributed by atoms with Gasteiger partial charge in [0.2, 0.25) is 0 Å². The monoisotopic (exact) mass is 456 g/mol. The zero-order valence-corrected chi connectivity index (χ0v) is 19.5. The number of ether oxygens (including phenoxy) is 1. The molecule has 3 heterocycles. The summed E-state index contributed by atoms with van der Waals surface area (Å²) in [5.41, 5.74) is 3.23. The minimum atomic E-state index is -0.453. The molecule has 7 heteroatoms. The van der Waals surface area contributed by atoms with Crippen LogP contribution in [0, 0.1) is 18.7 Å². The number of benzene rings is 1. The normalized spacial score (nSPS) is 15.2. The van der Waals surface area contributed by atoms with E-state index in [2.05, 4.69) is 26.9 Å². The van der Waals surface area contributed by atoms with Gasteiger partial charge in [-0.2, -0.15) is 0 Å². The van der Waals surface area contributed by atoms with Crippen molar-refractivity contribution >= 4 is 11.6 Å². The fraction of sp³-hybridized carbons (Fsp3) is 0.440. The van der Waals surface area contributed by atoms with Crippen LogP contribution in [0.2, 0.25) is 5.02 Å². The van der Waals surface area contributed by atoms with Crippen molar-refractivity contribution in [1.29, 1.82) is 0 Å². The molecule has 1 aliphatic rings. The summed E-state index contributed by atoms with van der Waals surface area (Å²) < 4.78 is 20.0. The number of pyridine rings is 1. The zero-order chi connectivity index (χ0) is 22.5. The second-order valence-corrected chi connectivity index (χ2v) is 9.08. The topological polar surface area (TPSA) is 54.0 Å². The van der Waals surface area contributed by atoms with Gasteiger partial charge in [-0.1, -0.05) is 30.2 Å². The molecule has 170 valence electrons. The van der Waals surface area contributed by atoms with Crippen LogP contribution in [0.5, 0.6) is 5.88 Å². The molecule has 5 nitrogen and oxygen atoms in total. The van der Waals surface area contributed by atoms with E-state index >= 15 is 0 Å². The van der Waals surface area contributed by atoms with Crippen LogP contribution in [0.4, 0.5) is 4.39 Å². The number of imidazole rings is 1. The minimum absolute atomic E-state index is 0.0314. The Morgan fingerprint density at radius 2 is 1.84 bits per heavy atom. The van der Waals surface area contributed by atoms with E-state index in [9.17, 15) is 4.39 Å². The molecule has 1 fully saturated rings. The second-order valence-electron chi connectivity index (χ2n) is 8.64. The highest BCUT2D eigenvalue weighted by atomic mass is 35.5. The van der Waals surface area contributed by atoms with E-state index < -0.39 is 5.82 Å². The molecule has 1 saturated heterocycles. The third-order valence-corrected chi connectivity index (χ3v) is 6.39. The number of nitrogens with one attached hydrogen (secondary N) is 1. The molecule has 0 bridgehead atoms. The number of aryl methyl sites for hydroxylation is 1. The Morgan fingerprint density at radius 1 is 1.09 bits per heavy atom.